The number of carbonyl (C=O) groups is 2. The van der Waals surface area contributed by atoms with Crippen molar-refractivity contribution in [1.29, 1.82) is 0 Å². The molecular formula is C20H20N2O4S2. The van der Waals surface area contributed by atoms with Gasteiger partial charge in [-0.2, -0.15) is 0 Å². The van der Waals surface area contributed by atoms with Gasteiger partial charge in [-0.25, -0.2) is 0 Å². The topological polar surface area (TPSA) is 74.0 Å². The molecule has 0 radical (unpaired) electrons. The fraction of sp³-hybridized carbons (Fsp3) is 0.250. The molecule has 0 saturated carbocycles. The van der Waals surface area contributed by atoms with Gasteiger partial charge in [0.25, 0.3) is 5.91 Å². The van der Waals surface area contributed by atoms with E-state index in [-0.39, 0.29) is 31.4 Å². The number of thioether (sulfide) groups is 1. The van der Waals surface area contributed by atoms with E-state index in [1.54, 1.807) is 29.4 Å². The highest BCUT2D eigenvalue weighted by Gasteiger charge is 2.32. The minimum atomic E-state index is -0.172. The molecule has 6 nitrogen and oxygen atoms in total. The Labute approximate surface area is 172 Å². The summed E-state index contributed by atoms with van der Waals surface area (Å²) in [6, 6.07) is 12.7. The highest BCUT2D eigenvalue weighted by atomic mass is 32.2. The molecule has 146 valence electrons. The molecule has 1 fully saturated rings. The van der Waals surface area contributed by atoms with Gasteiger partial charge in [-0.3, -0.25) is 14.5 Å². The Morgan fingerprint density at radius 3 is 2.71 bits per heavy atom. The molecular weight excluding hydrogens is 396 g/mol. The number of aliphatic hydroxyl groups excluding tert-OH is 1. The van der Waals surface area contributed by atoms with Crippen LogP contribution in [0.25, 0.3) is 6.08 Å². The molecule has 3 rings (SSSR count). The summed E-state index contributed by atoms with van der Waals surface area (Å²) in [5.74, 6) is 0.323. The molecule has 1 aliphatic rings. The van der Waals surface area contributed by atoms with Gasteiger partial charge < -0.3 is 14.4 Å². The minimum Gasteiger partial charge on any atom is -0.465 e. The quantitative estimate of drug-likeness (QED) is 0.526. The number of amides is 2. The van der Waals surface area contributed by atoms with E-state index in [1.807, 2.05) is 30.3 Å². The van der Waals surface area contributed by atoms with Gasteiger partial charge >= 0.3 is 0 Å². The number of furan rings is 1. The molecule has 1 saturated heterocycles. The van der Waals surface area contributed by atoms with Gasteiger partial charge in [-0.05, 0) is 30.7 Å². The van der Waals surface area contributed by atoms with Gasteiger partial charge in [-0.15, -0.1) is 0 Å². The summed E-state index contributed by atoms with van der Waals surface area (Å²) in [5.41, 5.74) is 0.744. The number of nitrogens with zero attached hydrogens (tertiary/aromatic N) is 2. The summed E-state index contributed by atoms with van der Waals surface area (Å²) < 4.78 is 5.72. The van der Waals surface area contributed by atoms with Crippen molar-refractivity contribution in [2.45, 2.75) is 12.8 Å². The second-order valence-electron chi connectivity index (χ2n) is 6.06. The van der Waals surface area contributed by atoms with Crippen molar-refractivity contribution in [3.05, 3.63) is 59.4 Å². The van der Waals surface area contributed by atoms with E-state index in [2.05, 4.69) is 0 Å². The Kier molecular flexibility index (Phi) is 7.02. The maximum atomic E-state index is 12.6. The standard InChI is InChI=1S/C20H20N2O4S2/c23-12-11-21(15-6-2-1-3-7-15)18(24)9-4-10-22-19(25)17(28-20(22)27)14-16-8-5-13-26-16/h1-3,5-8,13-14,23H,4,9-12H2/b17-14+. The molecule has 2 heterocycles. The second kappa shape index (κ2) is 9.68. The Morgan fingerprint density at radius 2 is 2.04 bits per heavy atom. The van der Waals surface area contributed by atoms with E-state index in [1.165, 1.54) is 16.7 Å². The van der Waals surface area contributed by atoms with Gasteiger partial charge in [0.2, 0.25) is 5.91 Å². The predicted octanol–water partition coefficient (Wildman–Crippen LogP) is 3.29. The molecule has 28 heavy (non-hydrogen) atoms. The highest BCUT2D eigenvalue weighted by molar-refractivity contribution is 8.26. The maximum absolute atomic E-state index is 12.6. The van der Waals surface area contributed by atoms with E-state index in [4.69, 9.17) is 16.6 Å². The fourth-order valence-electron chi connectivity index (χ4n) is 2.82. The van der Waals surface area contributed by atoms with Gasteiger partial charge in [0, 0.05) is 31.3 Å². The summed E-state index contributed by atoms with van der Waals surface area (Å²) in [6.07, 6.45) is 3.95. The first-order chi connectivity index (χ1) is 13.6. The first kappa shape index (κ1) is 20.3. The second-order valence-corrected chi connectivity index (χ2v) is 7.73. The van der Waals surface area contributed by atoms with Crippen molar-refractivity contribution < 1.29 is 19.1 Å². The molecule has 0 aliphatic carbocycles. The number of thiocarbonyl (C=S) groups is 1. The first-order valence-corrected chi connectivity index (χ1v) is 10.1. The van der Waals surface area contributed by atoms with Crippen LogP contribution in [0.15, 0.2) is 58.1 Å². The molecule has 8 heteroatoms. The maximum Gasteiger partial charge on any atom is 0.266 e. The summed E-state index contributed by atoms with van der Waals surface area (Å²) in [6.45, 7) is 0.482. The molecule has 1 aromatic carbocycles. The normalized spacial score (nSPS) is 15.5. The third-order valence-corrected chi connectivity index (χ3v) is 5.53. The smallest absolute Gasteiger partial charge is 0.266 e. The summed E-state index contributed by atoms with van der Waals surface area (Å²) in [7, 11) is 0. The van der Waals surface area contributed by atoms with Crippen LogP contribution in [-0.2, 0) is 9.59 Å². The van der Waals surface area contributed by atoms with Crippen molar-refractivity contribution in [3.8, 4) is 0 Å². The number of carbonyl (C=O) groups excluding carboxylic acids is 2. The zero-order valence-electron chi connectivity index (χ0n) is 15.1. The SMILES string of the molecule is O=C1/C(=C\c2ccco2)SC(=S)N1CCCC(=O)N(CCO)c1ccccc1. The van der Waals surface area contributed by atoms with Gasteiger partial charge in [0.1, 0.15) is 10.1 Å². The van der Waals surface area contributed by atoms with Crippen LogP contribution in [-0.4, -0.2) is 45.8 Å². The summed E-state index contributed by atoms with van der Waals surface area (Å²) in [4.78, 5) is 28.7. The summed E-state index contributed by atoms with van der Waals surface area (Å²) >= 11 is 6.54. The Morgan fingerprint density at radius 1 is 1.25 bits per heavy atom. The van der Waals surface area contributed by atoms with Crippen LogP contribution in [0, 0.1) is 0 Å². The van der Waals surface area contributed by atoms with Crippen molar-refractivity contribution in [2.75, 3.05) is 24.6 Å². The number of anilines is 1. The van der Waals surface area contributed by atoms with Crippen LogP contribution in [0.1, 0.15) is 18.6 Å². The van der Waals surface area contributed by atoms with Gasteiger partial charge in [0.15, 0.2) is 0 Å². The molecule has 1 N–H and O–H groups in total. The zero-order valence-corrected chi connectivity index (χ0v) is 16.7. The Hall–Kier alpha value is -2.42. The summed E-state index contributed by atoms with van der Waals surface area (Å²) in [5, 5.41) is 9.27. The fourth-order valence-corrected chi connectivity index (χ4v) is 4.11. The molecule has 2 aromatic rings. The molecule has 0 spiro atoms. The molecule has 1 aromatic heterocycles. The highest BCUT2D eigenvalue weighted by Crippen LogP contribution is 2.32. The lowest BCUT2D eigenvalue weighted by Crippen LogP contribution is -2.35. The van der Waals surface area contributed by atoms with Crippen LogP contribution >= 0.6 is 24.0 Å². The monoisotopic (exact) mass is 416 g/mol. The van der Waals surface area contributed by atoms with Crippen molar-refractivity contribution >= 4 is 51.9 Å². The van der Waals surface area contributed by atoms with E-state index < -0.39 is 0 Å². The number of para-hydroxylation sites is 1. The number of benzene rings is 1. The van der Waals surface area contributed by atoms with Crippen molar-refractivity contribution in [3.63, 3.8) is 0 Å². The minimum absolute atomic E-state index is 0.100. The van der Waals surface area contributed by atoms with E-state index >= 15 is 0 Å². The third kappa shape index (κ3) is 4.89. The lowest BCUT2D eigenvalue weighted by Gasteiger charge is -2.22. The van der Waals surface area contributed by atoms with Gasteiger partial charge in [-0.1, -0.05) is 42.2 Å². The molecule has 0 atom stereocenters. The Balaban J connectivity index is 1.57. The molecule has 1 aliphatic heterocycles. The van der Waals surface area contributed by atoms with Crippen LogP contribution in [0.5, 0.6) is 0 Å². The molecule has 0 bridgehead atoms. The average molecular weight is 417 g/mol. The zero-order chi connectivity index (χ0) is 19.9. The van der Waals surface area contributed by atoms with E-state index in [0.717, 1.165) is 5.69 Å². The Bertz CT molecular complexity index is 866. The number of hydrogen-bond acceptors (Lipinski definition) is 6. The van der Waals surface area contributed by atoms with Crippen LogP contribution in [0.2, 0.25) is 0 Å². The number of aliphatic hydroxyl groups is 1. The van der Waals surface area contributed by atoms with Crippen LogP contribution in [0.4, 0.5) is 5.69 Å². The van der Waals surface area contributed by atoms with Gasteiger partial charge in [0.05, 0.1) is 17.8 Å². The largest absolute Gasteiger partial charge is 0.465 e. The number of hydrogen-bond donors (Lipinski definition) is 1. The first-order valence-electron chi connectivity index (χ1n) is 8.85. The van der Waals surface area contributed by atoms with Crippen LogP contribution < -0.4 is 4.90 Å². The molecule has 0 unspecified atom stereocenters. The predicted molar refractivity (Wildman–Crippen MR) is 114 cm³/mol. The third-order valence-electron chi connectivity index (χ3n) is 4.16. The van der Waals surface area contributed by atoms with E-state index in [9.17, 15) is 14.7 Å². The van der Waals surface area contributed by atoms with E-state index in [0.29, 0.717) is 28.0 Å². The lowest BCUT2D eigenvalue weighted by atomic mass is 10.2. The average Bonchev–Trinajstić information content (AvgIpc) is 3.30. The molecule has 2 amide bonds. The van der Waals surface area contributed by atoms with Crippen LogP contribution in [0.3, 0.4) is 0 Å². The van der Waals surface area contributed by atoms with Crippen molar-refractivity contribution in [1.82, 2.24) is 4.90 Å². The lowest BCUT2D eigenvalue weighted by molar-refractivity contribution is -0.123. The van der Waals surface area contributed by atoms with Crippen molar-refractivity contribution in [2.24, 2.45) is 0 Å². The number of rotatable bonds is 8.